The van der Waals surface area contributed by atoms with E-state index in [-0.39, 0.29) is 35.6 Å². The van der Waals surface area contributed by atoms with E-state index in [4.69, 9.17) is 20.9 Å². The van der Waals surface area contributed by atoms with Crippen molar-refractivity contribution >= 4 is 28.8 Å². The van der Waals surface area contributed by atoms with Crippen LogP contribution in [0.5, 0.6) is 17.2 Å². The van der Waals surface area contributed by atoms with E-state index in [2.05, 4.69) is 30.7 Å². The Bertz CT molecular complexity index is 2170. The second-order valence-corrected chi connectivity index (χ2v) is 13.3. The molecular formula is C35H34N8O6. The van der Waals surface area contributed by atoms with Crippen LogP contribution in [-0.2, 0) is 27.2 Å². The third-order valence-electron chi connectivity index (χ3n) is 10.2. The summed E-state index contributed by atoms with van der Waals surface area (Å²) in [5.41, 5.74) is 15.7. The normalized spacial score (nSPS) is 24.0. The van der Waals surface area contributed by atoms with Crippen LogP contribution in [0.2, 0.25) is 0 Å². The molecule has 0 saturated heterocycles. The molecule has 1 aliphatic heterocycles. The first-order valence-electron chi connectivity index (χ1n) is 16.1. The summed E-state index contributed by atoms with van der Waals surface area (Å²) in [5.74, 6) is -0.362. The molecule has 2 unspecified atom stereocenters. The summed E-state index contributed by atoms with van der Waals surface area (Å²) in [4.78, 5) is 29.4. The minimum absolute atomic E-state index is 0.0263. The van der Waals surface area contributed by atoms with Gasteiger partial charge in [-0.25, -0.2) is 4.79 Å². The molecule has 14 heteroatoms. The van der Waals surface area contributed by atoms with Gasteiger partial charge in [-0.2, -0.15) is 0 Å². The molecule has 0 radical (unpaired) electrons. The molecule has 8 rings (SSSR count). The van der Waals surface area contributed by atoms with Crippen LogP contribution in [0.1, 0.15) is 48.4 Å². The summed E-state index contributed by atoms with van der Waals surface area (Å²) < 4.78 is 10.8. The topological polar surface area (TPSA) is 224 Å². The Kier molecular flexibility index (Phi) is 7.05. The molecule has 0 bridgehead atoms. The number of para-hydroxylation sites is 1. The number of nitrogens with two attached hydrogens (primary N) is 2. The fraction of sp³-hybridized carbons (Fsp3) is 0.314. The molecule has 14 nitrogen and oxygen atoms in total. The first-order chi connectivity index (χ1) is 23.5. The Labute approximate surface area is 279 Å². The van der Waals surface area contributed by atoms with Crippen molar-refractivity contribution in [2.24, 2.45) is 11.5 Å². The first kappa shape index (κ1) is 30.7. The number of ether oxygens (including phenoxy) is 2. The van der Waals surface area contributed by atoms with Crippen LogP contribution in [-0.4, -0.2) is 71.8 Å². The average Bonchev–Trinajstić information content (AvgIpc) is 3.65. The number of nitrogens with zero attached hydrogens (tertiary/aromatic N) is 4. The van der Waals surface area contributed by atoms with Gasteiger partial charge in [-0.15, -0.1) is 20.4 Å². The van der Waals surface area contributed by atoms with E-state index in [1.807, 2.05) is 12.1 Å². The number of methoxy groups -OCH3 is 1. The van der Waals surface area contributed by atoms with Crippen molar-refractivity contribution in [3.63, 3.8) is 0 Å². The molecule has 4 heterocycles. The van der Waals surface area contributed by atoms with Gasteiger partial charge in [-0.1, -0.05) is 12.1 Å². The van der Waals surface area contributed by atoms with Crippen LogP contribution in [0, 0.1) is 0 Å². The van der Waals surface area contributed by atoms with Crippen molar-refractivity contribution in [1.82, 2.24) is 25.4 Å². The van der Waals surface area contributed by atoms with Gasteiger partial charge in [0.15, 0.2) is 11.5 Å². The highest BCUT2D eigenvalue weighted by atomic mass is 16.5. The number of fused-ring (bicyclic) bond motifs is 6. The summed E-state index contributed by atoms with van der Waals surface area (Å²) in [5, 5.41) is 42.7. The number of H-pyrrole nitrogens is 1. The lowest BCUT2D eigenvalue weighted by atomic mass is 9.72. The van der Waals surface area contributed by atoms with Crippen LogP contribution >= 0.6 is 0 Å². The van der Waals surface area contributed by atoms with Crippen LogP contribution < -0.4 is 21.5 Å². The Morgan fingerprint density at radius 1 is 0.898 bits per heavy atom. The third-order valence-corrected chi connectivity index (χ3v) is 10.2. The SMILES string of the molecule is COC(=O)[C@]1(N)CCc2[nH]c3nnc(-c4cc(OC(=O)[C@@]5(N)CCC6Nc7nnc(-c8ccccc8O)cc7C6C5)ccc4O)cc3c2C1. The van der Waals surface area contributed by atoms with Crippen LogP contribution in [0.4, 0.5) is 5.82 Å². The Balaban J connectivity index is 1.04. The van der Waals surface area contributed by atoms with Crippen molar-refractivity contribution in [2.75, 3.05) is 12.4 Å². The number of aromatic nitrogens is 5. The molecule has 4 atom stereocenters. The summed E-state index contributed by atoms with van der Waals surface area (Å²) in [6.07, 6.45) is 2.52. The molecule has 8 N–H and O–H groups in total. The van der Waals surface area contributed by atoms with Gasteiger partial charge in [-0.3, -0.25) is 4.79 Å². The zero-order valence-electron chi connectivity index (χ0n) is 26.6. The second kappa shape index (κ2) is 11.2. The molecule has 250 valence electrons. The number of phenolic OH excluding ortho intramolecular Hbond substituents is 2. The highest BCUT2D eigenvalue weighted by Gasteiger charge is 2.49. The van der Waals surface area contributed by atoms with E-state index in [0.29, 0.717) is 66.1 Å². The summed E-state index contributed by atoms with van der Waals surface area (Å²) in [6.45, 7) is 0. The third kappa shape index (κ3) is 5.11. The van der Waals surface area contributed by atoms with Gasteiger partial charge in [0.05, 0.1) is 18.5 Å². The molecule has 5 aromatic rings. The second-order valence-electron chi connectivity index (χ2n) is 13.3. The quantitative estimate of drug-likeness (QED) is 0.118. The number of aryl methyl sites for hydroxylation is 1. The molecule has 0 spiro atoms. The van der Waals surface area contributed by atoms with Crippen LogP contribution in [0.15, 0.2) is 54.6 Å². The monoisotopic (exact) mass is 662 g/mol. The number of rotatable bonds is 5. The zero-order valence-corrected chi connectivity index (χ0v) is 26.6. The van der Waals surface area contributed by atoms with Crippen molar-refractivity contribution in [3.05, 3.63) is 71.4 Å². The molecular weight excluding hydrogens is 628 g/mol. The van der Waals surface area contributed by atoms with Crippen molar-refractivity contribution in [3.8, 4) is 39.8 Å². The van der Waals surface area contributed by atoms with E-state index in [9.17, 15) is 19.8 Å². The molecule has 0 amide bonds. The predicted octanol–water partition coefficient (Wildman–Crippen LogP) is 3.22. The largest absolute Gasteiger partial charge is 0.507 e. The summed E-state index contributed by atoms with van der Waals surface area (Å²) in [6, 6.07) is 15.1. The van der Waals surface area contributed by atoms with E-state index in [0.717, 1.165) is 22.2 Å². The van der Waals surface area contributed by atoms with Crippen molar-refractivity contribution in [2.45, 2.75) is 61.6 Å². The number of aromatic hydroxyl groups is 2. The number of nitrogens with one attached hydrogen (secondary N) is 2. The Morgan fingerprint density at radius 3 is 2.49 bits per heavy atom. The fourth-order valence-corrected chi connectivity index (χ4v) is 7.50. The lowest BCUT2D eigenvalue weighted by Gasteiger charge is -2.37. The highest BCUT2D eigenvalue weighted by molar-refractivity contribution is 5.89. The van der Waals surface area contributed by atoms with E-state index < -0.39 is 23.0 Å². The maximum atomic E-state index is 13.7. The first-order valence-corrected chi connectivity index (χ1v) is 16.1. The van der Waals surface area contributed by atoms with Gasteiger partial charge in [-0.05, 0) is 80.1 Å². The number of phenols is 2. The predicted molar refractivity (Wildman–Crippen MR) is 178 cm³/mol. The van der Waals surface area contributed by atoms with Gasteiger partial charge in [0.1, 0.15) is 28.3 Å². The Morgan fingerprint density at radius 2 is 1.67 bits per heavy atom. The highest BCUT2D eigenvalue weighted by Crippen LogP contribution is 2.47. The minimum atomic E-state index is -1.29. The molecule has 2 aliphatic carbocycles. The molecule has 1 fully saturated rings. The van der Waals surface area contributed by atoms with Gasteiger partial charge in [0.25, 0.3) is 0 Å². The number of aromatic amines is 1. The number of hydrogen-bond acceptors (Lipinski definition) is 13. The fourth-order valence-electron chi connectivity index (χ4n) is 7.50. The number of carbonyl (C=O) groups is 2. The lowest BCUT2D eigenvalue weighted by molar-refractivity contribution is -0.147. The standard InChI is InChI=1S/C35H34N8O6/c1-48-32(46)34(36)10-8-24-22(15-34)20-14-27(41-43-31(20)38-24)21-12-17(6-7-29(21)45)49-33(47)35(37)11-9-25-23(16-35)19-13-26(40-42-30(19)39-25)18-4-2-3-5-28(18)44/h2-7,12-14,23,25,44-45H,8-11,15-16,36-37H2,1H3,(H,38,43)(H,39,42)/t23?,25?,34-,35+/m0/s1. The number of anilines is 1. The lowest BCUT2D eigenvalue weighted by Crippen LogP contribution is -2.55. The van der Waals surface area contributed by atoms with E-state index >= 15 is 0 Å². The maximum Gasteiger partial charge on any atom is 0.331 e. The van der Waals surface area contributed by atoms with Gasteiger partial charge in [0, 0.05) is 46.2 Å². The van der Waals surface area contributed by atoms with Gasteiger partial charge < -0.3 is 41.5 Å². The molecule has 1 saturated carbocycles. The van der Waals surface area contributed by atoms with Gasteiger partial charge in [0.2, 0.25) is 0 Å². The molecule has 2 aromatic carbocycles. The molecule has 49 heavy (non-hydrogen) atoms. The molecule has 3 aromatic heterocycles. The Hall–Kier alpha value is -5.60. The summed E-state index contributed by atoms with van der Waals surface area (Å²) in [7, 11) is 1.32. The number of benzene rings is 2. The van der Waals surface area contributed by atoms with Crippen LogP contribution in [0.3, 0.4) is 0 Å². The zero-order chi connectivity index (χ0) is 34.1. The summed E-state index contributed by atoms with van der Waals surface area (Å²) >= 11 is 0. The number of carbonyl (C=O) groups excluding carboxylic acids is 2. The van der Waals surface area contributed by atoms with E-state index in [1.165, 1.54) is 25.3 Å². The number of hydrogen-bond donors (Lipinski definition) is 6. The smallest absolute Gasteiger partial charge is 0.331 e. The minimum Gasteiger partial charge on any atom is -0.507 e. The maximum absolute atomic E-state index is 13.7. The average molecular weight is 663 g/mol. The number of esters is 2. The van der Waals surface area contributed by atoms with Crippen molar-refractivity contribution in [1.29, 1.82) is 0 Å². The van der Waals surface area contributed by atoms with Gasteiger partial charge >= 0.3 is 11.9 Å². The van der Waals surface area contributed by atoms with E-state index in [1.54, 1.807) is 24.3 Å². The molecule has 3 aliphatic rings. The van der Waals surface area contributed by atoms with Crippen LogP contribution in [0.25, 0.3) is 33.5 Å². The van der Waals surface area contributed by atoms with Crippen molar-refractivity contribution < 1.29 is 29.3 Å².